The van der Waals surface area contributed by atoms with Gasteiger partial charge in [0.2, 0.25) is 0 Å². The molecule has 0 fully saturated rings. The second-order valence-electron chi connectivity index (χ2n) is 7.37. The highest BCUT2D eigenvalue weighted by Gasteiger charge is 2.22. The molecule has 1 aliphatic rings. The van der Waals surface area contributed by atoms with Crippen LogP contribution in [0.15, 0.2) is 18.6 Å². The molecule has 0 spiro atoms. The van der Waals surface area contributed by atoms with Crippen molar-refractivity contribution in [3.63, 3.8) is 0 Å². The SMILES string of the molecule is Cc1cn2c(n1)C(CNCc1cnn(C(C)(C)C)c1)CCC2. The first-order valence-electron chi connectivity index (χ1n) is 8.22. The van der Waals surface area contributed by atoms with Crippen LogP contribution in [0, 0.1) is 6.92 Å². The van der Waals surface area contributed by atoms with Gasteiger partial charge in [-0.25, -0.2) is 4.98 Å². The molecule has 0 saturated carbocycles. The zero-order valence-corrected chi connectivity index (χ0v) is 14.1. The third kappa shape index (κ3) is 3.24. The molecular weight excluding hydrogens is 274 g/mol. The fraction of sp³-hybridized carbons (Fsp3) is 0.647. The lowest BCUT2D eigenvalue weighted by Gasteiger charge is -2.23. The highest BCUT2D eigenvalue weighted by Crippen LogP contribution is 2.26. The molecule has 0 aromatic carbocycles. The maximum absolute atomic E-state index is 4.70. The molecule has 0 bridgehead atoms. The summed E-state index contributed by atoms with van der Waals surface area (Å²) in [6, 6.07) is 0. The van der Waals surface area contributed by atoms with E-state index in [0.717, 1.165) is 25.3 Å². The first-order valence-corrected chi connectivity index (χ1v) is 8.22. The maximum Gasteiger partial charge on any atom is 0.113 e. The van der Waals surface area contributed by atoms with Crippen LogP contribution in [-0.4, -0.2) is 25.9 Å². The average molecular weight is 301 g/mol. The summed E-state index contributed by atoms with van der Waals surface area (Å²) in [5.74, 6) is 1.78. The van der Waals surface area contributed by atoms with Crippen LogP contribution in [0.2, 0.25) is 0 Å². The molecule has 5 heteroatoms. The summed E-state index contributed by atoms with van der Waals surface area (Å²) in [6.07, 6.45) is 8.75. The summed E-state index contributed by atoms with van der Waals surface area (Å²) < 4.78 is 4.35. The third-order valence-corrected chi connectivity index (χ3v) is 4.29. The molecule has 0 amide bonds. The Kier molecular flexibility index (Phi) is 4.08. The van der Waals surface area contributed by atoms with Crippen molar-refractivity contribution >= 4 is 0 Å². The van der Waals surface area contributed by atoms with Gasteiger partial charge in [-0.2, -0.15) is 5.10 Å². The van der Waals surface area contributed by atoms with Crippen molar-refractivity contribution in [2.75, 3.05) is 6.54 Å². The van der Waals surface area contributed by atoms with Crippen molar-refractivity contribution < 1.29 is 0 Å². The van der Waals surface area contributed by atoms with Crippen LogP contribution in [0.1, 0.15) is 56.6 Å². The Morgan fingerprint density at radius 2 is 2.14 bits per heavy atom. The van der Waals surface area contributed by atoms with Gasteiger partial charge in [-0.1, -0.05) is 0 Å². The molecule has 3 heterocycles. The molecule has 1 N–H and O–H groups in total. The summed E-state index contributed by atoms with van der Waals surface area (Å²) >= 11 is 0. The molecule has 120 valence electrons. The van der Waals surface area contributed by atoms with Crippen molar-refractivity contribution in [3.05, 3.63) is 35.7 Å². The smallest absolute Gasteiger partial charge is 0.113 e. The van der Waals surface area contributed by atoms with Crippen LogP contribution in [-0.2, 0) is 18.6 Å². The monoisotopic (exact) mass is 301 g/mol. The Morgan fingerprint density at radius 3 is 2.86 bits per heavy atom. The van der Waals surface area contributed by atoms with Crippen LogP contribution in [0.25, 0.3) is 0 Å². The first kappa shape index (κ1) is 15.3. The molecule has 0 saturated heterocycles. The zero-order valence-electron chi connectivity index (χ0n) is 14.1. The van der Waals surface area contributed by atoms with E-state index in [-0.39, 0.29) is 5.54 Å². The molecule has 1 unspecified atom stereocenters. The summed E-state index contributed by atoms with van der Waals surface area (Å²) in [5.41, 5.74) is 2.42. The van der Waals surface area contributed by atoms with Gasteiger partial charge >= 0.3 is 0 Å². The molecule has 0 aliphatic carbocycles. The molecule has 0 radical (unpaired) electrons. The van der Waals surface area contributed by atoms with Gasteiger partial charge in [0.15, 0.2) is 0 Å². The molecule has 1 aliphatic heterocycles. The summed E-state index contributed by atoms with van der Waals surface area (Å²) in [4.78, 5) is 4.70. The fourth-order valence-corrected chi connectivity index (χ4v) is 3.11. The molecule has 3 rings (SSSR count). The van der Waals surface area contributed by atoms with Crippen molar-refractivity contribution in [3.8, 4) is 0 Å². The number of aromatic nitrogens is 4. The Balaban J connectivity index is 1.57. The van der Waals surface area contributed by atoms with Crippen LogP contribution >= 0.6 is 0 Å². The predicted octanol–water partition coefficient (Wildman–Crippen LogP) is 2.81. The highest BCUT2D eigenvalue weighted by atomic mass is 15.3. The van der Waals surface area contributed by atoms with Gasteiger partial charge in [0, 0.05) is 43.5 Å². The van der Waals surface area contributed by atoms with E-state index < -0.39 is 0 Å². The zero-order chi connectivity index (χ0) is 15.7. The lowest BCUT2D eigenvalue weighted by molar-refractivity contribution is 0.355. The van der Waals surface area contributed by atoms with E-state index in [9.17, 15) is 0 Å². The largest absolute Gasteiger partial charge is 0.334 e. The summed E-state index contributed by atoms with van der Waals surface area (Å²) in [7, 11) is 0. The van der Waals surface area contributed by atoms with E-state index in [1.165, 1.54) is 24.2 Å². The normalized spacial score (nSPS) is 18.5. The van der Waals surface area contributed by atoms with Gasteiger partial charge in [-0.3, -0.25) is 4.68 Å². The molecule has 2 aromatic heterocycles. The minimum Gasteiger partial charge on any atom is -0.334 e. The van der Waals surface area contributed by atoms with Gasteiger partial charge < -0.3 is 9.88 Å². The minimum atomic E-state index is 0.0455. The first-order chi connectivity index (χ1) is 10.4. The number of hydrogen-bond donors (Lipinski definition) is 1. The summed E-state index contributed by atoms with van der Waals surface area (Å²) in [5, 5.41) is 8.03. The molecule has 5 nitrogen and oxygen atoms in total. The minimum absolute atomic E-state index is 0.0455. The number of nitrogens with zero attached hydrogens (tertiary/aromatic N) is 4. The lowest BCUT2D eigenvalue weighted by Crippen LogP contribution is -2.26. The van der Waals surface area contributed by atoms with Gasteiger partial charge in [0.25, 0.3) is 0 Å². The average Bonchev–Trinajstić information content (AvgIpc) is 3.04. The number of rotatable bonds is 4. The number of imidazole rings is 1. The van der Waals surface area contributed by atoms with E-state index in [2.05, 4.69) is 55.1 Å². The van der Waals surface area contributed by atoms with Crippen LogP contribution < -0.4 is 5.32 Å². The molecule has 2 aromatic rings. The Morgan fingerprint density at radius 1 is 1.32 bits per heavy atom. The molecule has 22 heavy (non-hydrogen) atoms. The number of hydrogen-bond acceptors (Lipinski definition) is 3. The Hall–Kier alpha value is -1.62. The van der Waals surface area contributed by atoms with E-state index in [1.807, 2.05) is 10.9 Å². The van der Waals surface area contributed by atoms with E-state index in [1.54, 1.807) is 0 Å². The molecular formula is C17H27N5. The highest BCUT2D eigenvalue weighted by molar-refractivity contribution is 5.10. The summed E-state index contributed by atoms with van der Waals surface area (Å²) in [6.45, 7) is 11.6. The van der Waals surface area contributed by atoms with Crippen LogP contribution in [0.3, 0.4) is 0 Å². The maximum atomic E-state index is 4.70. The second kappa shape index (κ2) is 5.88. The topological polar surface area (TPSA) is 47.7 Å². The van der Waals surface area contributed by atoms with E-state index in [4.69, 9.17) is 4.98 Å². The van der Waals surface area contributed by atoms with Crippen molar-refractivity contribution in [2.24, 2.45) is 0 Å². The van der Waals surface area contributed by atoms with Gasteiger partial charge in [-0.15, -0.1) is 0 Å². The van der Waals surface area contributed by atoms with Crippen molar-refractivity contribution in [1.82, 2.24) is 24.6 Å². The quantitative estimate of drug-likeness (QED) is 0.944. The van der Waals surface area contributed by atoms with Crippen molar-refractivity contribution in [2.45, 2.75) is 65.1 Å². The van der Waals surface area contributed by atoms with Gasteiger partial charge in [-0.05, 0) is 40.5 Å². The van der Waals surface area contributed by atoms with Crippen LogP contribution in [0.4, 0.5) is 0 Å². The fourth-order valence-electron chi connectivity index (χ4n) is 3.11. The third-order valence-electron chi connectivity index (χ3n) is 4.29. The second-order valence-corrected chi connectivity index (χ2v) is 7.37. The lowest BCUT2D eigenvalue weighted by atomic mass is 9.99. The van der Waals surface area contributed by atoms with E-state index >= 15 is 0 Å². The number of nitrogens with one attached hydrogen (secondary N) is 1. The van der Waals surface area contributed by atoms with Gasteiger partial charge in [0.1, 0.15) is 5.82 Å². The predicted molar refractivity (Wildman–Crippen MR) is 87.9 cm³/mol. The van der Waals surface area contributed by atoms with E-state index in [0.29, 0.717) is 5.92 Å². The standard InChI is InChI=1S/C17H27N5/c1-13-11-21-7-5-6-15(16(21)20-13)10-18-8-14-9-19-22(12-14)17(2,3)4/h9,11-12,15,18H,5-8,10H2,1-4H3. The number of fused-ring (bicyclic) bond motifs is 1. The molecule has 1 atom stereocenters. The number of aryl methyl sites for hydroxylation is 2. The Labute approximate surface area is 132 Å². The van der Waals surface area contributed by atoms with Crippen LogP contribution in [0.5, 0.6) is 0 Å². The Bertz CT molecular complexity index is 632. The van der Waals surface area contributed by atoms with Gasteiger partial charge in [0.05, 0.1) is 17.4 Å². The van der Waals surface area contributed by atoms with Crippen molar-refractivity contribution in [1.29, 1.82) is 0 Å².